The van der Waals surface area contributed by atoms with Crippen molar-refractivity contribution < 1.29 is 5.11 Å². The molecule has 0 aliphatic carbocycles. The molecule has 1 heterocycles. The Kier molecular flexibility index (Phi) is 4.29. The number of fused-ring (bicyclic) bond motifs is 1. The van der Waals surface area contributed by atoms with Gasteiger partial charge in [0.05, 0.1) is 6.04 Å². The zero-order valence-corrected chi connectivity index (χ0v) is 12.7. The Hall–Kier alpha value is -1.35. The van der Waals surface area contributed by atoms with Gasteiger partial charge in [0.1, 0.15) is 5.60 Å². The zero-order valence-electron chi connectivity index (χ0n) is 11.9. The summed E-state index contributed by atoms with van der Waals surface area (Å²) in [5.41, 5.74) is 2.42. The molecule has 2 aromatic rings. The van der Waals surface area contributed by atoms with E-state index in [-0.39, 0.29) is 6.04 Å². The van der Waals surface area contributed by atoms with Crippen LogP contribution in [0.1, 0.15) is 29.2 Å². The van der Waals surface area contributed by atoms with E-state index in [1.54, 1.807) is 0 Å². The molecule has 2 N–H and O–H groups in total. The first-order chi connectivity index (χ1) is 10.3. The van der Waals surface area contributed by atoms with Crippen LogP contribution in [0.15, 0.2) is 54.6 Å². The molecule has 3 heteroatoms. The Bertz CT molecular complexity index is 601. The molecule has 0 radical (unpaired) electrons. The quantitative estimate of drug-likeness (QED) is 0.849. The summed E-state index contributed by atoms with van der Waals surface area (Å²) >= 11 is 5.99. The van der Waals surface area contributed by atoms with Gasteiger partial charge in [-0.25, -0.2) is 0 Å². The second-order valence-electron chi connectivity index (χ2n) is 5.57. The van der Waals surface area contributed by atoms with E-state index >= 15 is 0 Å². The number of aliphatic hydroxyl groups is 1. The van der Waals surface area contributed by atoms with Gasteiger partial charge in [0.15, 0.2) is 0 Å². The third-order valence-electron chi connectivity index (χ3n) is 4.34. The van der Waals surface area contributed by atoms with Crippen LogP contribution in [0.25, 0.3) is 0 Å². The maximum Gasteiger partial charge on any atom is 0.110 e. The molecule has 1 aliphatic rings. The van der Waals surface area contributed by atoms with Crippen molar-refractivity contribution in [2.24, 2.45) is 0 Å². The lowest BCUT2D eigenvalue weighted by atomic mass is 9.77. The average Bonchev–Trinajstić information content (AvgIpc) is 2.55. The van der Waals surface area contributed by atoms with Crippen LogP contribution in [0.5, 0.6) is 0 Å². The zero-order chi connectivity index (χ0) is 14.7. The summed E-state index contributed by atoms with van der Waals surface area (Å²) in [5.74, 6) is 0.422. The largest absolute Gasteiger partial charge is 0.383 e. The molecule has 0 fully saturated rings. The molecule has 110 valence electrons. The lowest BCUT2D eigenvalue weighted by Gasteiger charge is -2.40. The SMILES string of the molecule is OC(CCCl)(c1ccccc1)C1NCCc2ccccc21. The molecule has 1 aliphatic heterocycles. The van der Waals surface area contributed by atoms with E-state index in [0.717, 1.165) is 18.5 Å². The van der Waals surface area contributed by atoms with Crippen LogP contribution in [0, 0.1) is 0 Å². The summed E-state index contributed by atoms with van der Waals surface area (Å²) in [5, 5.41) is 14.9. The Morgan fingerprint density at radius 3 is 2.57 bits per heavy atom. The maximum absolute atomic E-state index is 11.4. The molecule has 0 bridgehead atoms. The van der Waals surface area contributed by atoms with Crippen LogP contribution >= 0.6 is 11.6 Å². The molecule has 0 spiro atoms. The smallest absolute Gasteiger partial charge is 0.110 e. The Balaban J connectivity index is 2.07. The van der Waals surface area contributed by atoms with Crippen LogP contribution in [0.2, 0.25) is 0 Å². The topological polar surface area (TPSA) is 32.3 Å². The van der Waals surface area contributed by atoms with E-state index in [9.17, 15) is 5.11 Å². The van der Waals surface area contributed by atoms with Gasteiger partial charge in [-0.1, -0.05) is 54.6 Å². The van der Waals surface area contributed by atoms with Crippen LogP contribution < -0.4 is 5.32 Å². The Morgan fingerprint density at radius 2 is 1.81 bits per heavy atom. The summed E-state index contributed by atoms with van der Waals surface area (Å²) in [6.45, 7) is 0.874. The fraction of sp³-hybridized carbons (Fsp3) is 0.333. The summed E-state index contributed by atoms with van der Waals surface area (Å²) in [6, 6.07) is 18.1. The van der Waals surface area contributed by atoms with Crippen molar-refractivity contribution in [1.29, 1.82) is 0 Å². The number of alkyl halides is 1. The van der Waals surface area contributed by atoms with Gasteiger partial charge in [0.25, 0.3) is 0 Å². The first-order valence-corrected chi connectivity index (χ1v) is 7.94. The minimum absolute atomic E-state index is 0.122. The third kappa shape index (κ3) is 2.71. The standard InChI is InChI=1S/C18H20ClNO/c19-12-11-18(21,15-7-2-1-3-8-15)17-16-9-5-4-6-14(16)10-13-20-17/h1-9,17,20-21H,10-13H2. The summed E-state index contributed by atoms with van der Waals surface area (Å²) < 4.78 is 0. The lowest BCUT2D eigenvalue weighted by Crippen LogP contribution is -2.45. The number of hydrogen-bond donors (Lipinski definition) is 2. The van der Waals surface area contributed by atoms with E-state index in [1.165, 1.54) is 11.1 Å². The predicted molar refractivity (Wildman–Crippen MR) is 86.6 cm³/mol. The van der Waals surface area contributed by atoms with Crippen molar-refractivity contribution in [3.63, 3.8) is 0 Å². The number of benzene rings is 2. The predicted octanol–water partition coefficient (Wildman–Crippen LogP) is 3.39. The molecular weight excluding hydrogens is 282 g/mol. The summed E-state index contributed by atoms with van der Waals surface area (Å²) in [4.78, 5) is 0. The van der Waals surface area contributed by atoms with Crippen LogP contribution in [-0.4, -0.2) is 17.5 Å². The van der Waals surface area contributed by atoms with Gasteiger partial charge in [-0.2, -0.15) is 0 Å². The normalized spacial score (nSPS) is 20.6. The Morgan fingerprint density at radius 1 is 1.10 bits per heavy atom. The first kappa shape index (κ1) is 14.6. The molecule has 21 heavy (non-hydrogen) atoms. The van der Waals surface area contributed by atoms with Gasteiger partial charge < -0.3 is 10.4 Å². The maximum atomic E-state index is 11.4. The highest BCUT2D eigenvalue weighted by Crippen LogP contribution is 2.41. The highest BCUT2D eigenvalue weighted by molar-refractivity contribution is 6.17. The van der Waals surface area contributed by atoms with Crippen molar-refractivity contribution >= 4 is 11.6 Å². The minimum Gasteiger partial charge on any atom is -0.383 e. The van der Waals surface area contributed by atoms with Crippen molar-refractivity contribution in [3.8, 4) is 0 Å². The van der Waals surface area contributed by atoms with Gasteiger partial charge >= 0.3 is 0 Å². The van der Waals surface area contributed by atoms with E-state index in [1.807, 2.05) is 36.4 Å². The van der Waals surface area contributed by atoms with Crippen molar-refractivity contribution in [3.05, 3.63) is 71.3 Å². The number of halogens is 1. The van der Waals surface area contributed by atoms with E-state index < -0.39 is 5.60 Å². The minimum atomic E-state index is -0.987. The monoisotopic (exact) mass is 301 g/mol. The van der Waals surface area contributed by atoms with Crippen molar-refractivity contribution in [2.75, 3.05) is 12.4 Å². The fourth-order valence-electron chi connectivity index (χ4n) is 3.26. The van der Waals surface area contributed by atoms with Gasteiger partial charge in [-0.05, 0) is 36.1 Å². The van der Waals surface area contributed by atoms with Crippen LogP contribution in [0.3, 0.4) is 0 Å². The van der Waals surface area contributed by atoms with Crippen molar-refractivity contribution in [1.82, 2.24) is 5.32 Å². The molecule has 2 unspecified atom stereocenters. The molecule has 2 nitrogen and oxygen atoms in total. The van der Waals surface area contributed by atoms with Crippen LogP contribution in [-0.2, 0) is 12.0 Å². The molecule has 2 aromatic carbocycles. The molecule has 0 aromatic heterocycles. The van der Waals surface area contributed by atoms with Gasteiger partial charge in [0, 0.05) is 5.88 Å². The van der Waals surface area contributed by atoms with Gasteiger partial charge in [0.2, 0.25) is 0 Å². The van der Waals surface area contributed by atoms with E-state index in [2.05, 4.69) is 23.5 Å². The highest BCUT2D eigenvalue weighted by Gasteiger charge is 2.40. The first-order valence-electron chi connectivity index (χ1n) is 7.41. The molecule has 3 rings (SSSR count). The van der Waals surface area contributed by atoms with Crippen molar-refractivity contribution in [2.45, 2.75) is 24.5 Å². The second-order valence-corrected chi connectivity index (χ2v) is 5.94. The molecule has 0 saturated carbocycles. The molecule has 0 saturated heterocycles. The number of hydrogen-bond acceptors (Lipinski definition) is 2. The molecule has 0 amide bonds. The molecule has 2 atom stereocenters. The van der Waals surface area contributed by atoms with Crippen LogP contribution in [0.4, 0.5) is 0 Å². The summed E-state index contributed by atoms with van der Waals surface area (Å²) in [6.07, 6.45) is 1.52. The van der Waals surface area contributed by atoms with Gasteiger partial charge in [-0.3, -0.25) is 0 Å². The van der Waals surface area contributed by atoms with Gasteiger partial charge in [-0.15, -0.1) is 11.6 Å². The second kappa shape index (κ2) is 6.18. The number of rotatable bonds is 4. The third-order valence-corrected chi connectivity index (χ3v) is 4.52. The number of nitrogens with one attached hydrogen (secondary N) is 1. The average molecular weight is 302 g/mol. The van der Waals surface area contributed by atoms with E-state index in [0.29, 0.717) is 12.3 Å². The Labute approximate surface area is 130 Å². The highest BCUT2D eigenvalue weighted by atomic mass is 35.5. The fourth-order valence-corrected chi connectivity index (χ4v) is 3.54. The molecular formula is C18H20ClNO. The summed E-state index contributed by atoms with van der Waals surface area (Å²) in [7, 11) is 0. The lowest BCUT2D eigenvalue weighted by molar-refractivity contribution is -0.00983. The van der Waals surface area contributed by atoms with E-state index in [4.69, 9.17) is 11.6 Å².